The van der Waals surface area contributed by atoms with E-state index in [1.165, 1.54) is 4.31 Å². The van der Waals surface area contributed by atoms with Crippen LogP contribution >= 0.6 is 0 Å². The Labute approximate surface area is 148 Å². The second kappa shape index (κ2) is 8.02. The van der Waals surface area contributed by atoms with Crippen LogP contribution in [0.15, 0.2) is 48.5 Å². The maximum absolute atomic E-state index is 12.1. The summed E-state index contributed by atoms with van der Waals surface area (Å²) in [5, 5.41) is 2.74. The lowest BCUT2D eigenvalue weighted by Crippen LogP contribution is -2.38. The second-order valence-corrected chi connectivity index (χ2v) is 7.57. The number of rotatable bonds is 7. The van der Waals surface area contributed by atoms with Crippen molar-refractivity contribution in [3.8, 4) is 5.75 Å². The highest BCUT2D eigenvalue weighted by molar-refractivity contribution is 7.92. The number of ether oxygens (including phenoxy) is 1. The number of aryl methyl sites for hydroxylation is 1. The Morgan fingerprint density at radius 1 is 1.16 bits per heavy atom. The Morgan fingerprint density at radius 2 is 1.84 bits per heavy atom. The molecule has 0 radical (unpaired) electrons. The van der Waals surface area contributed by atoms with Crippen molar-refractivity contribution in [2.24, 2.45) is 0 Å². The Hall–Kier alpha value is -2.54. The van der Waals surface area contributed by atoms with Gasteiger partial charge in [0.25, 0.3) is 5.91 Å². The van der Waals surface area contributed by atoms with Crippen LogP contribution < -0.4 is 14.4 Å². The quantitative estimate of drug-likeness (QED) is 0.819. The molecule has 0 fully saturated rings. The maximum Gasteiger partial charge on any atom is 0.251 e. The number of benzene rings is 2. The first-order chi connectivity index (χ1) is 11.8. The molecule has 0 saturated carbocycles. The van der Waals surface area contributed by atoms with Crippen LogP contribution in [0.4, 0.5) is 5.69 Å². The van der Waals surface area contributed by atoms with E-state index >= 15 is 0 Å². The zero-order valence-corrected chi connectivity index (χ0v) is 15.3. The van der Waals surface area contributed by atoms with E-state index in [2.05, 4.69) is 5.32 Å². The van der Waals surface area contributed by atoms with Gasteiger partial charge in [-0.15, -0.1) is 0 Å². The van der Waals surface area contributed by atoms with Gasteiger partial charge >= 0.3 is 0 Å². The zero-order chi connectivity index (χ0) is 18.4. The van der Waals surface area contributed by atoms with E-state index in [-0.39, 0.29) is 19.0 Å². The molecule has 0 spiro atoms. The second-order valence-electron chi connectivity index (χ2n) is 5.66. The molecule has 25 heavy (non-hydrogen) atoms. The van der Waals surface area contributed by atoms with Crippen molar-refractivity contribution in [1.82, 2.24) is 5.32 Å². The largest absolute Gasteiger partial charge is 0.497 e. The third-order valence-electron chi connectivity index (χ3n) is 3.64. The molecule has 0 aliphatic rings. The molecule has 2 aromatic rings. The van der Waals surface area contributed by atoms with E-state index in [1.807, 2.05) is 13.0 Å². The van der Waals surface area contributed by atoms with Gasteiger partial charge in [0.1, 0.15) is 5.75 Å². The fraction of sp³-hybridized carbons (Fsp3) is 0.278. The van der Waals surface area contributed by atoms with Gasteiger partial charge in [0.2, 0.25) is 10.0 Å². The van der Waals surface area contributed by atoms with Crippen molar-refractivity contribution < 1.29 is 17.9 Å². The molecule has 0 saturated heterocycles. The average Bonchev–Trinajstić information content (AvgIpc) is 2.57. The minimum absolute atomic E-state index is 0.157. The number of nitrogens with one attached hydrogen (secondary N) is 1. The summed E-state index contributed by atoms with van der Waals surface area (Å²) in [5.41, 5.74) is 2.04. The number of sulfonamides is 1. The zero-order valence-electron chi connectivity index (χ0n) is 14.5. The predicted molar refractivity (Wildman–Crippen MR) is 98.7 cm³/mol. The number of hydrogen-bond donors (Lipinski definition) is 1. The number of methoxy groups -OCH3 is 1. The summed E-state index contributed by atoms with van der Waals surface area (Å²) in [6.45, 7) is 2.26. The van der Waals surface area contributed by atoms with Crippen molar-refractivity contribution in [2.75, 3.05) is 30.8 Å². The van der Waals surface area contributed by atoms with Gasteiger partial charge in [-0.1, -0.05) is 12.1 Å². The summed E-state index contributed by atoms with van der Waals surface area (Å²) in [5.74, 6) is 0.402. The molecule has 0 aliphatic heterocycles. The number of amides is 1. The van der Waals surface area contributed by atoms with Gasteiger partial charge in [-0.05, 0) is 48.9 Å². The van der Waals surface area contributed by atoms with E-state index in [4.69, 9.17) is 4.74 Å². The Morgan fingerprint density at radius 3 is 2.40 bits per heavy atom. The molecule has 2 rings (SSSR count). The molecule has 2 aromatic carbocycles. The third-order valence-corrected chi connectivity index (χ3v) is 4.84. The van der Waals surface area contributed by atoms with Crippen LogP contribution in [-0.2, 0) is 10.0 Å². The highest BCUT2D eigenvalue weighted by atomic mass is 32.2. The molecular formula is C18H22N2O4S. The van der Waals surface area contributed by atoms with Crippen LogP contribution in [0.5, 0.6) is 5.75 Å². The van der Waals surface area contributed by atoms with Crippen LogP contribution in [0.1, 0.15) is 15.9 Å². The van der Waals surface area contributed by atoms with Crippen molar-refractivity contribution in [1.29, 1.82) is 0 Å². The molecule has 1 amide bonds. The highest BCUT2D eigenvalue weighted by Gasteiger charge is 2.17. The smallest absolute Gasteiger partial charge is 0.251 e. The summed E-state index contributed by atoms with van der Waals surface area (Å²) < 4.78 is 30.5. The lowest BCUT2D eigenvalue weighted by molar-refractivity contribution is 0.0955. The van der Waals surface area contributed by atoms with E-state index in [1.54, 1.807) is 49.6 Å². The van der Waals surface area contributed by atoms with E-state index in [0.717, 1.165) is 11.8 Å². The van der Waals surface area contributed by atoms with Gasteiger partial charge in [0.15, 0.2) is 0 Å². The topological polar surface area (TPSA) is 75.7 Å². The number of nitrogens with zero attached hydrogens (tertiary/aromatic N) is 1. The molecule has 7 heteroatoms. The van der Waals surface area contributed by atoms with Crippen molar-refractivity contribution in [3.63, 3.8) is 0 Å². The average molecular weight is 362 g/mol. The molecule has 6 nitrogen and oxygen atoms in total. The van der Waals surface area contributed by atoms with Crippen LogP contribution in [0, 0.1) is 6.92 Å². The fourth-order valence-corrected chi connectivity index (χ4v) is 3.30. The minimum Gasteiger partial charge on any atom is -0.497 e. The molecule has 0 unspecified atom stereocenters. The van der Waals surface area contributed by atoms with Gasteiger partial charge < -0.3 is 10.1 Å². The Bertz CT molecular complexity index is 832. The van der Waals surface area contributed by atoms with Crippen LogP contribution in [0.2, 0.25) is 0 Å². The number of hydrogen-bond acceptors (Lipinski definition) is 4. The van der Waals surface area contributed by atoms with Crippen molar-refractivity contribution >= 4 is 21.6 Å². The molecule has 0 heterocycles. The molecular weight excluding hydrogens is 340 g/mol. The molecule has 1 N–H and O–H groups in total. The lowest BCUT2D eigenvalue weighted by Gasteiger charge is -2.23. The molecule has 0 bridgehead atoms. The first-order valence-corrected chi connectivity index (χ1v) is 9.63. The van der Waals surface area contributed by atoms with Gasteiger partial charge in [-0.3, -0.25) is 9.10 Å². The summed E-state index contributed by atoms with van der Waals surface area (Å²) in [7, 11) is -1.89. The number of anilines is 1. The third kappa shape index (κ3) is 5.22. The summed E-state index contributed by atoms with van der Waals surface area (Å²) in [6.07, 6.45) is 1.15. The van der Waals surface area contributed by atoms with Crippen molar-refractivity contribution in [2.45, 2.75) is 6.92 Å². The van der Waals surface area contributed by atoms with Gasteiger partial charge in [0.05, 0.1) is 25.6 Å². The fourth-order valence-electron chi connectivity index (χ4n) is 2.38. The molecule has 134 valence electrons. The van der Waals surface area contributed by atoms with Gasteiger partial charge in [0, 0.05) is 12.1 Å². The molecule has 0 aliphatic carbocycles. The Balaban J connectivity index is 2.02. The van der Waals surface area contributed by atoms with Gasteiger partial charge in [-0.2, -0.15) is 0 Å². The predicted octanol–water partition coefficient (Wildman–Crippen LogP) is 2.20. The first-order valence-electron chi connectivity index (χ1n) is 7.78. The standard InChI is InChI=1S/C18H22N2O4S/c1-14-5-4-6-16(13-14)20(25(3,22)23)12-11-19-18(21)15-7-9-17(24-2)10-8-15/h4-10,13H,11-12H2,1-3H3,(H,19,21). The minimum atomic E-state index is -3.44. The monoisotopic (exact) mass is 362 g/mol. The van der Waals surface area contributed by atoms with Crippen LogP contribution in [0.3, 0.4) is 0 Å². The Kier molecular flexibility index (Phi) is 6.03. The van der Waals surface area contributed by atoms with Crippen molar-refractivity contribution in [3.05, 3.63) is 59.7 Å². The highest BCUT2D eigenvalue weighted by Crippen LogP contribution is 2.18. The summed E-state index contributed by atoms with van der Waals surface area (Å²) in [4.78, 5) is 12.1. The van der Waals surface area contributed by atoms with E-state index in [9.17, 15) is 13.2 Å². The van der Waals surface area contributed by atoms with E-state index < -0.39 is 10.0 Å². The van der Waals surface area contributed by atoms with Gasteiger partial charge in [-0.25, -0.2) is 8.42 Å². The molecule has 0 aromatic heterocycles. The van der Waals surface area contributed by atoms with Crippen LogP contribution in [0.25, 0.3) is 0 Å². The van der Waals surface area contributed by atoms with E-state index in [0.29, 0.717) is 17.0 Å². The molecule has 0 atom stereocenters. The number of carbonyl (C=O) groups is 1. The normalized spacial score (nSPS) is 11.0. The van der Waals surface area contributed by atoms with Crippen LogP contribution in [-0.4, -0.2) is 40.8 Å². The SMILES string of the molecule is COc1ccc(C(=O)NCCN(c2cccc(C)c2)S(C)(=O)=O)cc1. The maximum atomic E-state index is 12.1. The first kappa shape index (κ1) is 18.8. The summed E-state index contributed by atoms with van der Waals surface area (Å²) >= 11 is 0. The summed E-state index contributed by atoms with van der Waals surface area (Å²) in [6, 6.07) is 13.9. The number of carbonyl (C=O) groups excluding carboxylic acids is 1. The lowest BCUT2D eigenvalue weighted by atomic mass is 10.2.